The fourth-order valence-electron chi connectivity index (χ4n) is 2.15. The molecule has 0 bridgehead atoms. The molecule has 23 heavy (non-hydrogen) atoms. The van der Waals surface area contributed by atoms with E-state index in [9.17, 15) is 9.59 Å². The number of carbonyl (C=O) groups is 2. The molecule has 1 aromatic carbocycles. The summed E-state index contributed by atoms with van der Waals surface area (Å²) in [6.07, 6.45) is 3.37. The van der Waals surface area contributed by atoms with Gasteiger partial charge in [0.05, 0.1) is 5.69 Å². The standard InChI is InChI=1S/C17H12N2O3S/c20-16(19-14-6-9-23-15(14)17(21)22)13-3-1-2-12(10-13)11-4-7-18-8-5-11/h1-10H,(H,19,20)(H,21,22). The minimum atomic E-state index is -1.05. The number of anilines is 1. The third kappa shape index (κ3) is 3.27. The van der Waals surface area contributed by atoms with Gasteiger partial charge in [0.25, 0.3) is 5.91 Å². The number of thiophene rings is 1. The molecule has 0 spiro atoms. The van der Waals surface area contributed by atoms with Crippen molar-refractivity contribution in [2.45, 2.75) is 0 Å². The molecule has 3 aromatic rings. The summed E-state index contributed by atoms with van der Waals surface area (Å²) in [6, 6.07) is 12.4. The van der Waals surface area contributed by atoms with Crippen molar-refractivity contribution in [3.8, 4) is 11.1 Å². The van der Waals surface area contributed by atoms with E-state index in [0.717, 1.165) is 22.5 Å². The van der Waals surface area contributed by atoms with Crippen LogP contribution in [0.5, 0.6) is 0 Å². The van der Waals surface area contributed by atoms with Crippen LogP contribution in [0.1, 0.15) is 20.0 Å². The summed E-state index contributed by atoms with van der Waals surface area (Å²) in [5, 5.41) is 13.4. The minimum absolute atomic E-state index is 0.114. The van der Waals surface area contributed by atoms with Crippen LogP contribution in [-0.2, 0) is 0 Å². The quantitative estimate of drug-likeness (QED) is 0.766. The number of hydrogen-bond donors (Lipinski definition) is 2. The zero-order valence-corrected chi connectivity index (χ0v) is 12.7. The van der Waals surface area contributed by atoms with Gasteiger partial charge in [-0.1, -0.05) is 12.1 Å². The van der Waals surface area contributed by atoms with Crippen molar-refractivity contribution in [1.82, 2.24) is 4.98 Å². The Labute approximate surface area is 136 Å². The lowest BCUT2D eigenvalue weighted by atomic mass is 10.0. The zero-order valence-electron chi connectivity index (χ0n) is 11.9. The van der Waals surface area contributed by atoms with E-state index in [1.807, 2.05) is 18.2 Å². The van der Waals surface area contributed by atoms with E-state index < -0.39 is 5.97 Å². The number of amides is 1. The maximum absolute atomic E-state index is 12.4. The van der Waals surface area contributed by atoms with Gasteiger partial charge >= 0.3 is 5.97 Å². The van der Waals surface area contributed by atoms with Crippen molar-refractivity contribution < 1.29 is 14.7 Å². The summed E-state index contributed by atoms with van der Waals surface area (Å²) < 4.78 is 0. The van der Waals surface area contributed by atoms with Gasteiger partial charge in [-0.3, -0.25) is 9.78 Å². The Morgan fingerprint density at radius 2 is 1.83 bits per heavy atom. The van der Waals surface area contributed by atoms with Gasteiger partial charge in [-0.25, -0.2) is 4.79 Å². The highest BCUT2D eigenvalue weighted by molar-refractivity contribution is 7.12. The molecule has 0 atom stereocenters. The Morgan fingerprint density at radius 1 is 1.04 bits per heavy atom. The fourth-order valence-corrected chi connectivity index (χ4v) is 2.84. The van der Waals surface area contributed by atoms with Crippen LogP contribution in [0.15, 0.2) is 60.2 Å². The van der Waals surface area contributed by atoms with Crippen LogP contribution < -0.4 is 5.32 Å². The first-order valence-electron chi connectivity index (χ1n) is 6.78. The van der Waals surface area contributed by atoms with Gasteiger partial charge in [-0.2, -0.15) is 0 Å². The Kier molecular flexibility index (Phi) is 4.16. The monoisotopic (exact) mass is 324 g/mol. The summed E-state index contributed by atoms with van der Waals surface area (Å²) in [7, 11) is 0. The molecule has 0 saturated carbocycles. The van der Waals surface area contributed by atoms with Gasteiger partial charge in [-0.05, 0) is 46.8 Å². The predicted molar refractivity (Wildman–Crippen MR) is 88.9 cm³/mol. The van der Waals surface area contributed by atoms with Gasteiger partial charge in [0, 0.05) is 18.0 Å². The van der Waals surface area contributed by atoms with E-state index >= 15 is 0 Å². The first kappa shape index (κ1) is 14.9. The largest absolute Gasteiger partial charge is 0.477 e. The van der Waals surface area contributed by atoms with E-state index in [1.54, 1.807) is 42.0 Å². The Morgan fingerprint density at radius 3 is 2.57 bits per heavy atom. The molecule has 0 fully saturated rings. The van der Waals surface area contributed by atoms with Crippen molar-refractivity contribution in [3.05, 3.63) is 70.7 Å². The van der Waals surface area contributed by atoms with Crippen molar-refractivity contribution in [3.63, 3.8) is 0 Å². The Balaban J connectivity index is 1.86. The summed E-state index contributed by atoms with van der Waals surface area (Å²) in [6.45, 7) is 0. The molecule has 5 nitrogen and oxygen atoms in total. The number of pyridine rings is 1. The number of carboxylic acids is 1. The van der Waals surface area contributed by atoms with E-state index in [0.29, 0.717) is 11.3 Å². The smallest absolute Gasteiger partial charge is 0.348 e. The average Bonchev–Trinajstić information content (AvgIpc) is 3.04. The van der Waals surface area contributed by atoms with E-state index in [1.165, 1.54) is 0 Å². The first-order valence-corrected chi connectivity index (χ1v) is 7.66. The molecule has 0 radical (unpaired) electrons. The molecule has 2 N–H and O–H groups in total. The second kappa shape index (κ2) is 6.41. The topological polar surface area (TPSA) is 79.3 Å². The maximum Gasteiger partial charge on any atom is 0.348 e. The molecule has 0 unspecified atom stereocenters. The van der Waals surface area contributed by atoms with Crippen LogP contribution in [0.25, 0.3) is 11.1 Å². The lowest BCUT2D eigenvalue weighted by Gasteiger charge is -2.07. The van der Waals surface area contributed by atoms with Crippen molar-refractivity contribution >= 4 is 28.9 Å². The van der Waals surface area contributed by atoms with E-state index in [4.69, 9.17) is 5.11 Å². The van der Waals surface area contributed by atoms with Gasteiger partial charge in [0.2, 0.25) is 0 Å². The second-order valence-electron chi connectivity index (χ2n) is 4.74. The van der Waals surface area contributed by atoms with Gasteiger partial charge in [0.1, 0.15) is 4.88 Å². The third-order valence-corrected chi connectivity index (χ3v) is 4.15. The molecule has 0 aliphatic carbocycles. The van der Waals surface area contributed by atoms with Crippen molar-refractivity contribution in [1.29, 1.82) is 0 Å². The SMILES string of the molecule is O=C(Nc1ccsc1C(=O)O)c1cccc(-c2ccncc2)c1. The number of rotatable bonds is 4. The van der Waals surface area contributed by atoms with Gasteiger partial charge in [0.15, 0.2) is 0 Å². The predicted octanol–water partition coefficient (Wildman–Crippen LogP) is 3.76. The minimum Gasteiger partial charge on any atom is -0.477 e. The number of carbonyl (C=O) groups excluding carboxylic acids is 1. The van der Waals surface area contributed by atoms with E-state index in [2.05, 4.69) is 10.3 Å². The highest BCUT2D eigenvalue weighted by Gasteiger charge is 2.15. The van der Waals surface area contributed by atoms with Crippen LogP contribution in [0.2, 0.25) is 0 Å². The molecule has 0 saturated heterocycles. The van der Waals surface area contributed by atoms with Crippen LogP contribution in [0, 0.1) is 0 Å². The molecule has 2 heterocycles. The number of benzene rings is 1. The number of aromatic nitrogens is 1. The number of hydrogen-bond acceptors (Lipinski definition) is 4. The molecular formula is C17H12N2O3S. The maximum atomic E-state index is 12.4. The third-order valence-electron chi connectivity index (χ3n) is 3.25. The molecule has 0 aliphatic heterocycles. The van der Waals surface area contributed by atoms with Crippen LogP contribution in [-0.4, -0.2) is 22.0 Å². The molecule has 2 aromatic heterocycles. The Hall–Kier alpha value is -2.99. The number of carboxylic acid groups (broad SMARTS) is 1. The van der Waals surface area contributed by atoms with Gasteiger partial charge < -0.3 is 10.4 Å². The zero-order chi connectivity index (χ0) is 16.2. The molecule has 0 aliphatic rings. The first-order chi connectivity index (χ1) is 11.1. The molecule has 6 heteroatoms. The number of nitrogens with one attached hydrogen (secondary N) is 1. The normalized spacial score (nSPS) is 10.3. The van der Waals surface area contributed by atoms with Crippen LogP contribution in [0.4, 0.5) is 5.69 Å². The molecule has 114 valence electrons. The lowest BCUT2D eigenvalue weighted by Crippen LogP contribution is -2.13. The summed E-state index contributed by atoms with van der Waals surface area (Å²) in [4.78, 5) is 27.5. The highest BCUT2D eigenvalue weighted by atomic mass is 32.1. The summed E-state index contributed by atoms with van der Waals surface area (Å²) in [5.74, 6) is -1.40. The molecule has 3 rings (SSSR count). The lowest BCUT2D eigenvalue weighted by molar-refractivity contribution is 0.0703. The molecular weight excluding hydrogens is 312 g/mol. The second-order valence-corrected chi connectivity index (χ2v) is 5.66. The highest BCUT2D eigenvalue weighted by Crippen LogP contribution is 2.24. The fraction of sp³-hybridized carbons (Fsp3) is 0. The average molecular weight is 324 g/mol. The molecule has 1 amide bonds. The van der Waals surface area contributed by atoms with Crippen LogP contribution in [0.3, 0.4) is 0 Å². The van der Waals surface area contributed by atoms with Crippen molar-refractivity contribution in [2.24, 2.45) is 0 Å². The Bertz CT molecular complexity index is 859. The van der Waals surface area contributed by atoms with Crippen molar-refractivity contribution in [2.75, 3.05) is 5.32 Å². The van der Waals surface area contributed by atoms with Crippen LogP contribution >= 0.6 is 11.3 Å². The van der Waals surface area contributed by atoms with Gasteiger partial charge in [-0.15, -0.1) is 11.3 Å². The summed E-state index contributed by atoms with van der Waals surface area (Å²) >= 11 is 1.07. The van der Waals surface area contributed by atoms with E-state index in [-0.39, 0.29) is 10.8 Å². The summed E-state index contributed by atoms with van der Waals surface area (Å²) in [5.41, 5.74) is 2.61. The number of nitrogens with zero attached hydrogens (tertiary/aromatic N) is 1. The number of aromatic carboxylic acids is 1.